The Kier molecular flexibility index (Phi) is 3.21. The Balaban J connectivity index is 1.95. The molecule has 19 heavy (non-hydrogen) atoms. The molecular weight excluding hydrogens is 243 g/mol. The summed E-state index contributed by atoms with van der Waals surface area (Å²) < 4.78 is 15.5. The zero-order valence-electron chi connectivity index (χ0n) is 10.9. The fraction of sp³-hybridized carbons (Fsp3) is 0.357. The van der Waals surface area contributed by atoms with E-state index >= 15 is 0 Å². The second-order valence-corrected chi connectivity index (χ2v) is 4.74. The number of anilines is 1. The average molecular weight is 260 g/mol. The highest BCUT2D eigenvalue weighted by atomic mass is 19.1. The van der Waals surface area contributed by atoms with E-state index in [9.17, 15) is 4.39 Å². The topological polar surface area (TPSA) is 33.1 Å². The van der Waals surface area contributed by atoms with Crippen molar-refractivity contribution in [3.8, 4) is 5.69 Å². The summed E-state index contributed by atoms with van der Waals surface area (Å²) in [5, 5.41) is 7.85. The van der Waals surface area contributed by atoms with Gasteiger partial charge in [0.15, 0.2) is 5.82 Å². The van der Waals surface area contributed by atoms with Crippen molar-refractivity contribution in [3.63, 3.8) is 0 Å². The molecule has 0 unspecified atom stereocenters. The van der Waals surface area contributed by atoms with Gasteiger partial charge in [0, 0.05) is 37.9 Å². The first kappa shape index (κ1) is 12.2. The maximum atomic E-state index is 13.8. The molecule has 0 aliphatic carbocycles. The summed E-state index contributed by atoms with van der Waals surface area (Å²) in [6.45, 7) is 5.75. The highest BCUT2D eigenvalue weighted by Crippen LogP contribution is 2.20. The summed E-state index contributed by atoms with van der Waals surface area (Å²) in [5.41, 5.74) is 1.44. The number of aryl methyl sites for hydroxylation is 1. The molecule has 1 aliphatic rings. The van der Waals surface area contributed by atoms with E-state index in [2.05, 4.69) is 15.3 Å². The van der Waals surface area contributed by atoms with Crippen molar-refractivity contribution in [2.45, 2.75) is 6.92 Å². The van der Waals surface area contributed by atoms with Crippen LogP contribution in [-0.2, 0) is 0 Å². The highest BCUT2D eigenvalue weighted by Gasteiger charge is 2.16. The van der Waals surface area contributed by atoms with Crippen LogP contribution < -0.4 is 10.2 Å². The Labute approximate surface area is 111 Å². The Morgan fingerprint density at radius 1 is 1.21 bits per heavy atom. The van der Waals surface area contributed by atoms with Crippen LogP contribution in [0.4, 0.5) is 10.2 Å². The third kappa shape index (κ3) is 2.33. The molecule has 3 rings (SSSR count). The van der Waals surface area contributed by atoms with Crippen LogP contribution in [0, 0.1) is 12.7 Å². The lowest BCUT2D eigenvalue weighted by Crippen LogP contribution is -2.43. The SMILES string of the molecule is Cc1cc(N2CCNCC2)nn1-c1ccccc1F. The van der Waals surface area contributed by atoms with Crippen LogP contribution in [0.5, 0.6) is 0 Å². The zero-order chi connectivity index (χ0) is 13.2. The number of aromatic nitrogens is 2. The van der Waals surface area contributed by atoms with Crippen molar-refractivity contribution in [3.05, 3.63) is 41.8 Å². The maximum absolute atomic E-state index is 13.8. The van der Waals surface area contributed by atoms with Gasteiger partial charge in [0.1, 0.15) is 11.5 Å². The first-order chi connectivity index (χ1) is 9.25. The van der Waals surface area contributed by atoms with E-state index in [1.807, 2.05) is 19.1 Å². The number of nitrogens with zero attached hydrogens (tertiary/aromatic N) is 3. The molecule has 4 nitrogen and oxygen atoms in total. The largest absolute Gasteiger partial charge is 0.353 e. The minimum absolute atomic E-state index is 0.249. The minimum Gasteiger partial charge on any atom is -0.353 e. The van der Waals surface area contributed by atoms with Gasteiger partial charge in [-0.15, -0.1) is 5.10 Å². The van der Waals surface area contributed by atoms with Gasteiger partial charge in [-0.1, -0.05) is 12.1 Å². The van der Waals surface area contributed by atoms with Gasteiger partial charge in [-0.2, -0.15) is 0 Å². The van der Waals surface area contributed by atoms with Crippen LogP contribution in [0.15, 0.2) is 30.3 Å². The van der Waals surface area contributed by atoms with E-state index in [0.29, 0.717) is 5.69 Å². The van der Waals surface area contributed by atoms with Gasteiger partial charge in [-0.25, -0.2) is 9.07 Å². The van der Waals surface area contributed by atoms with Crippen LogP contribution in [0.3, 0.4) is 0 Å². The number of nitrogens with one attached hydrogen (secondary N) is 1. The normalized spacial score (nSPS) is 15.8. The summed E-state index contributed by atoms with van der Waals surface area (Å²) >= 11 is 0. The van der Waals surface area contributed by atoms with Crippen molar-refractivity contribution in [1.29, 1.82) is 0 Å². The molecule has 1 saturated heterocycles. The third-order valence-corrected chi connectivity index (χ3v) is 3.40. The molecular formula is C14H17FN4. The minimum atomic E-state index is -0.249. The lowest BCUT2D eigenvalue weighted by molar-refractivity contribution is 0.580. The lowest BCUT2D eigenvalue weighted by Gasteiger charge is -2.27. The van der Waals surface area contributed by atoms with Crippen molar-refractivity contribution in [2.75, 3.05) is 31.1 Å². The molecule has 0 atom stereocenters. The smallest absolute Gasteiger partial charge is 0.151 e. The Morgan fingerprint density at radius 2 is 1.95 bits per heavy atom. The molecule has 5 heteroatoms. The van der Waals surface area contributed by atoms with E-state index in [-0.39, 0.29) is 5.82 Å². The molecule has 2 aromatic rings. The summed E-state index contributed by atoms with van der Waals surface area (Å²) in [6, 6.07) is 8.73. The number of piperazine rings is 1. The van der Waals surface area contributed by atoms with Crippen molar-refractivity contribution < 1.29 is 4.39 Å². The molecule has 1 aromatic heterocycles. The summed E-state index contributed by atoms with van der Waals surface area (Å²) in [5.74, 6) is 0.669. The van der Waals surface area contributed by atoms with Gasteiger partial charge in [-0.3, -0.25) is 0 Å². The molecule has 1 aliphatic heterocycles. The number of para-hydroxylation sites is 1. The Hall–Kier alpha value is -1.88. The average Bonchev–Trinajstić information content (AvgIpc) is 2.82. The molecule has 2 heterocycles. The fourth-order valence-electron chi connectivity index (χ4n) is 2.37. The number of hydrogen-bond acceptors (Lipinski definition) is 3. The second kappa shape index (κ2) is 5.01. The molecule has 1 N–H and O–H groups in total. The van der Waals surface area contributed by atoms with Gasteiger partial charge in [0.2, 0.25) is 0 Å². The molecule has 0 bridgehead atoms. The van der Waals surface area contributed by atoms with Crippen molar-refractivity contribution in [2.24, 2.45) is 0 Å². The first-order valence-corrected chi connectivity index (χ1v) is 6.53. The molecule has 0 spiro atoms. The predicted molar refractivity (Wildman–Crippen MR) is 73.3 cm³/mol. The van der Waals surface area contributed by atoms with Crippen LogP contribution in [0.25, 0.3) is 5.69 Å². The standard InChI is InChI=1S/C14H17FN4/c1-11-10-14(18-8-6-16-7-9-18)17-19(11)13-5-3-2-4-12(13)15/h2-5,10,16H,6-9H2,1H3. The van der Waals surface area contributed by atoms with Crippen molar-refractivity contribution in [1.82, 2.24) is 15.1 Å². The quantitative estimate of drug-likeness (QED) is 0.892. The monoisotopic (exact) mass is 260 g/mol. The number of rotatable bonds is 2. The maximum Gasteiger partial charge on any atom is 0.151 e. The first-order valence-electron chi connectivity index (χ1n) is 6.53. The lowest BCUT2D eigenvalue weighted by atomic mass is 10.3. The molecule has 0 amide bonds. The highest BCUT2D eigenvalue weighted by molar-refractivity contribution is 5.44. The molecule has 100 valence electrons. The van der Waals surface area contributed by atoms with Crippen LogP contribution in [-0.4, -0.2) is 36.0 Å². The predicted octanol–water partition coefficient (Wildman–Crippen LogP) is 1.73. The van der Waals surface area contributed by atoms with E-state index in [0.717, 1.165) is 37.7 Å². The van der Waals surface area contributed by atoms with E-state index < -0.39 is 0 Å². The number of hydrogen-bond donors (Lipinski definition) is 1. The number of halogens is 1. The number of benzene rings is 1. The summed E-state index contributed by atoms with van der Waals surface area (Å²) in [7, 11) is 0. The van der Waals surface area contributed by atoms with Gasteiger partial charge in [0.25, 0.3) is 0 Å². The van der Waals surface area contributed by atoms with E-state index in [4.69, 9.17) is 0 Å². The Bertz CT molecular complexity index is 573. The fourth-order valence-corrected chi connectivity index (χ4v) is 2.37. The van der Waals surface area contributed by atoms with Crippen LogP contribution >= 0.6 is 0 Å². The van der Waals surface area contributed by atoms with Gasteiger partial charge in [-0.05, 0) is 19.1 Å². The summed E-state index contributed by atoms with van der Waals surface area (Å²) in [4.78, 5) is 2.22. The van der Waals surface area contributed by atoms with Gasteiger partial charge >= 0.3 is 0 Å². The van der Waals surface area contributed by atoms with Crippen LogP contribution in [0.2, 0.25) is 0 Å². The van der Waals surface area contributed by atoms with Gasteiger partial charge < -0.3 is 10.2 Å². The molecule has 1 aromatic carbocycles. The van der Waals surface area contributed by atoms with Crippen molar-refractivity contribution >= 4 is 5.82 Å². The summed E-state index contributed by atoms with van der Waals surface area (Å²) in [6.07, 6.45) is 0. The zero-order valence-corrected chi connectivity index (χ0v) is 10.9. The van der Waals surface area contributed by atoms with Crippen LogP contribution in [0.1, 0.15) is 5.69 Å². The van der Waals surface area contributed by atoms with Gasteiger partial charge in [0.05, 0.1) is 0 Å². The molecule has 1 fully saturated rings. The van der Waals surface area contributed by atoms with E-state index in [1.165, 1.54) is 6.07 Å². The van der Waals surface area contributed by atoms with E-state index in [1.54, 1.807) is 16.8 Å². The molecule has 0 radical (unpaired) electrons. The third-order valence-electron chi connectivity index (χ3n) is 3.40. The second-order valence-electron chi connectivity index (χ2n) is 4.74. The Morgan fingerprint density at radius 3 is 2.68 bits per heavy atom. The molecule has 0 saturated carbocycles.